The van der Waals surface area contributed by atoms with Gasteiger partial charge in [-0.2, -0.15) is 0 Å². The molecule has 1 aromatic carbocycles. The first kappa shape index (κ1) is 22.1. The van der Waals surface area contributed by atoms with E-state index in [1.165, 1.54) is 25.3 Å². The molecule has 6 nitrogen and oxygen atoms in total. The van der Waals surface area contributed by atoms with Crippen molar-refractivity contribution < 1.29 is 22.2 Å². The molecule has 1 atom stereocenters. The molecular formula is C20H23F3N4O2S. The Labute approximate surface area is 173 Å². The fourth-order valence-electron chi connectivity index (χ4n) is 3.36. The number of amides is 1. The van der Waals surface area contributed by atoms with Crippen LogP contribution in [0.2, 0.25) is 0 Å². The van der Waals surface area contributed by atoms with Gasteiger partial charge in [-0.25, -0.2) is 27.1 Å². The lowest BCUT2D eigenvalue weighted by Gasteiger charge is -2.25. The molecule has 2 heterocycles. The van der Waals surface area contributed by atoms with Crippen LogP contribution >= 0.6 is 0 Å². The second-order valence-corrected chi connectivity index (χ2v) is 9.61. The second-order valence-electron chi connectivity index (χ2n) is 7.45. The summed E-state index contributed by atoms with van der Waals surface area (Å²) in [6, 6.07) is 6.04. The van der Waals surface area contributed by atoms with Crippen LogP contribution in [0.3, 0.4) is 0 Å². The summed E-state index contributed by atoms with van der Waals surface area (Å²) in [4.78, 5) is 18.9. The van der Waals surface area contributed by atoms with E-state index in [0.717, 1.165) is 6.20 Å². The number of carbonyl (C=O) groups is 1. The Balaban J connectivity index is 1.95. The van der Waals surface area contributed by atoms with Crippen molar-refractivity contribution in [1.29, 1.82) is 4.78 Å². The quantitative estimate of drug-likeness (QED) is 0.736. The summed E-state index contributed by atoms with van der Waals surface area (Å²) in [5.74, 6) is -3.97. The number of nitrogens with one attached hydrogen (secondary N) is 2. The average molecular weight is 440 g/mol. The maximum absolute atomic E-state index is 14.2. The lowest BCUT2D eigenvalue weighted by atomic mass is 10.1. The van der Waals surface area contributed by atoms with Gasteiger partial charge in [0.15, 0.2) is 0 Å². The zero-order valence-corrected chi connectivity index (χ0v) is 17.5. The van der Waals surface area contributed by atoms with Crippen molar-refractivity contribution in [3.8, 4) is 0 Å². The number of pyridine rings is 1. The minimum Gasteiger partial charge on any atom is -0.356 e. The van der Waals surface area contributed by atoms with Gasteiger partial charge in [-0.15, -0.1) is 0 Å². The third kappa shape index (κ3) is 4.92. The highest BCUT2D eigenvalue weighted by Gasteiger charge is 2.33. The first-order valence-electron chi connectivity index (χ1n) is 9.41. The Morgan fingerprint density at radius 2 is 2.03 bits per heavy atom. The van der Waals surface area contributed by atoms with Crippen molar-refractivity contribution in [1.82, 2.24) is 4.98 Å². The number of carbonyl (C=O) groups excluding carboxylic acids is 1. The third-order valence-corrected chi connectivity index (χ3v) is 6.20. The van der Waals surface area contributed by atoms with E-state index in [0.29, 0.717) is 0 Å². The van der Waals surface area contributed by atoms with Crippen LogP contribution < -0.4 is 10.2 Å². The van der Waals surface area contributed by atoms with Gasteiger partial charge in [-0.1, -0.05) is 6.07 Å². The van der Waals surface area contributed by atoms with Crippen molar-refractivity contribution in [2.45, 2.75) is 37.0 Å². The Morgan fingerprint density at radius 1 is 1.30 bits per heavy atom. The Morgan fingerprint density at radius 3 is 2.73 bits per heavy atom. The monoisotopic (exact) mass is 440 g/mol. The van der Waals surface area contributed by atoms with E-state index in [-0.39, 0.29) is 59.9 Å². The van der Waals surface area contributed by atoms with E-state index in [1.54, 1.807) is 17.0 Å². The summed E-state index contributed by atoms with van der Waals surface area (Å²) >= 11 is 0. The summed E-state index contributed by atoms with van der Waals surface area (Å²) in [7, 11) is -2.98. The predicted molar refractivity (Wildman–Crippen MR) is 109 cm³/mol. The van der Waals surface area contributed by atoms with Crippen LogP contribution in [0, 0.1) is 17.5 Å². The highest BCUT2D eigenvalue weighted by Crippen LogP contribution is 2.32. The molecular weight excluding hydrogens is 417 g/mol. The maximum atomic E-state index is 14.2. The molecule has 1 aliphatic rings. The number of hydrogen-bond acceptors (Lipinski definition) is 5. The predicted octanol–water partition coefficient (Wildman–Crippen LogP) is 4.44. The number of rotatable bonds is 4. The highest BCUT2D eigenvalue weighted by atomic mass is 32.2. The third-order valence-electron chi connectivity index (χ3n) is 5.04. The molecule has 2 aromatic rings. The average Bonchev–Trinajstić information content (AvgIpc) is 2.84. The molecule has 0 radical (unpaired) electrons. The summed E-state index contributed by atoms with van der Waals surface area (Å²) in [5.41, 5.74) is 0.314. The summed E-state index contributed by atoms with van der Waals surface area (Å²) in [6.07, 6.45) is 1.85. The Kier molecular flexibility index (Phi) is 6.07. The molecule has 1 amide bonds. The number of alkyl halides is 2. The molecule has 162 valence electrons. The molecule has 1 aromatic heterocycles. The number of nitrogens with zero attached hydrogens (tertiary/aromatic N) is 2. The summed E-state index contributed by atoms with van der Waals surface area (Å²) < 4.78 is 61.4. The molecule has 30 heavy (non-hydrogen) atoms. The molecule has 3 rings (SSSR count). The van der Waals surface area contributed by atoms with Crippen molar-refractivity contribution in [3.63, 3.8) is 0 Å². The van der Waals surface area contributed by atoms with Gasteiger partial charge in [0, 0.05) is 48.3 Å². The highest BCUT2D eigenvalue weighted by molar-refractivity contribution is 7.91. The van der Waals surface area contributed by atoms with Crippen LogP contribution in [0.4, 0.5) is 24.7 Å². The van der Waals surface area contributed by atoms with Gasteiger partial charge in [0.2, 0.25) is 5.92 Å². The van der Waals surface area contributed by atoms with E-state index in [9.17, 15) is 22.2 Å². The molecule has 2 N–H and O–H groups in total. The van der Waals surface area contributed by atoms with Gasteiger partial charge in [0.25, 0.3) is 5.91 Å². The SMILES string of the molecule is Cc1c(F)cnc(N2CCCC(F)(F)CC2)c1C(=O)Nc1cccc(S(C)(=N)=O)c1. The van der Waals surface area contributed by atoms with E-state index < -0.39 is 27.4 Å². The van der Waals surface area contributed by atoms with Crippen LogP contribution in [-0.2, 0) is 9.73 Å². The minimum absolute atomic E-state index is 0.00240. The lowest BCUT2D eigenvalue weighted by molar-refractivity contribution is -0.0102. The van der Waals surface area contributed by atoms with Crippen molar-refractivity contribution in [2.24, 2.45) is 0 Å². The van der Waals surface area contributed by atoms with Crippen LogP contribution in [0.15, 0.2) is 35.4 Å². The van der Waals surface area contributed by atoms with Crippen molar-refractivity contribution in [3.05, 3.63) is 47.4 Å². The molecule has 0 spiro atoms. The lowest BCUT2D eigenvalue weighted by Crippen LogP contribution is -2.30. The standard InChI is InChI=1S/C20H23F3N4O2S/c1-13-16(21)12-25-18(27-9-4-7-20(22,23)8-10-27)17(13)19(28)26-14-5-3-6-15(11-14)30(2,24)29/h3,5-6,11-12,24H,4,7-10H2,1-2H3,(H,26,28). The number of halogens is 3. The number of hydrogen-bond donors (Lipinski definition) is 2. The smallest absolute Gasteiger partial charge is 0.259 e. The molecule has 1 aliphatic heterocycles. The van der Waals surface area contributed by atoms with Gasteiger partial charge in [0.1, 0.15) is 11.6 Å². The topological polar surface area (TPSA) is 86.2 Å². The molecule has 1 fully saturated rings. The Bertz CT molecular complexity index is 1070. The fourth-order valence-corrected chi connectivity index (χ4v) is 4.05. The molecule has 0 bridgehead atoms. The van der Waals surface area contributed by atoms with Gasteiger partial charge < -0.3 is 10.2 Å². The molecule has 0 saturated carbocycles. The largest absolute Gasteiger partial charge is 0.356 e. The van der Waals surface area contributed by atoms with Crippen LogP contribution in [0.25, 0.3) is 0 Å². The molecule has 0 aliphatic carbocycles. The molecule has 1 saturated heterocycles. The van der Waals surface area contributed by atoms with Crippen molar-refractivity contribution >= 4 is 27.1 Å². The number of aromatic nitrogens is 1. The van der Waals surface area contributed by atoms with Gasteiger partial charge in [-0.05, 0) is 31.5 Å². The summed E-state index contributed by atoms with van der Waals surface area (Å²) in [6.45, 7) is 1.71. The summed E-state index contributed by atoms with van der Waals surface area (Å²) in [5, 5.41) is 2.62. The van der Waals surface area contributed by atoms with Crippen LogP contribution in [0.5, 0.6) is 0 Å². The first-order valence-corrected chi connectivity index (χ1v) is 11.4. The van der Waals surface area contributed by atoms with E-state index in [4.69, 9.17) is 4.78 Å². The van der Waals surface area contributed by atoms with Gasteiger partial charge in [-0.3, -0.25) is 4.79 Å². The zero-order chi connectivity index (χ0) is 22.1. The first-order chi connectivity index (χ1) is 14.0. The van der Waals surface area contributed by atoms with Crippen LogP contribution in [0.1, 0.15) is 35.2 Å². The maximum Gasteiger partial charge on any atom is 0.259 e. The fraction of sp³-hybridized carbons (Fsp3) is 0.400. The number of benzene rings is 1. The molecule has 1 unspecified atom stereocenters. The van der Waals surface area contributed by atoms with Crippen LogP contribution in [-0.4, -0.2) is 40.4 Å². The van der Waals surface area contributed by atoms with E-state index in [2.05, 4.69) is 10.3 Å². The normalized spacial score (nSPS) is 18.4. The van der Waals surface area contributed by atoms with E-state index in [1.807, 2.05) is 0 Å². The van der Waals surface area contributed by atoms with Gasteiger partial charge >= 0.3 is 0 Å². The van der Waals surface area contributed by atoms with Gasteiger partial charge in [0.05, 0.1) is 21.5 Å². The Hall–Kier alpha value is -2.62. The molecule has 10 heteroatoms. The number of anilines is 2. The zero-order valence-electron chi connectivity index (χ0n) is 16.7. The second kappa shape index (κ2) is 8.25. The van der Waals surface area contributed by atoms with Crippen molar-refractivity contribution in [2.75, 3.05) is 29.6 Å². The van der Waals surface area contributed by atoms with E-state index >= 15 is 0 Å². The minimum atomic E-state index is -2.98.